The molecule has 0 saturated carbocycles. The summed E-state index contributed by atoms with van der Waals surface area (Å²) < 4.78 is 1.65. The third-order valence-electron chi connectivity index (χ3n) is 4.60. The van der Waals surface area contributed by atoms with Gasteiger partial charge in [-0.05, 0) is 24.8 Å². The van der Waals surface area contributed by atoms with E-state index in [2.05, 4.69) is 11.9 Å². The summed E-state index contributed by atoms with van der Waals surface area (Å²) in [5.74, 6) is -1.38. The number of carbonyl (C=O) groups is 1. The Labute approximate surface area is 139 Å². The fourth-order valence-corrected chi connectivity index (χ4v) is 4.57. The Kier molecular flexibility index (Phi) is 4.80. The second kappa shape index (κ2) is 6.83. The third-order valence-corrected chi connectivity index (χ3v) is 5.78. The predicted molar refractivity (Wildman–Crippen MR) is 91.3 cm³/mol. The first-order chi connectivity index (χ1) is 11.1. The minimum atomic E-state index is -0.835. The maximum absolute atomic E-state index is 12.8. The molecule has 0 aromatic carbocycles. The van der Waals surface area contributed by atoms with E-state index in [4.69, 9.17) is 0 Å². The molecule has 0 fully saturated rings. The number of aliphatic carboxylic acids is 1. The zero-order chi connectivity index (χ0) is 16.4. The monoisotopic (exact) mass is 334 g/mol. The summed E-state index contributed by atoms with van der Waals surface area (Å²) in [5.41, 5.74) is 0.659. The molecule has 2 aromatic heterocycles. The van der Waals surface area contributed by atoms with Gasteiger partial charge in [0, 0.05) is 11.4 Å². The van der Waals surface area contributed by atoms with Crippen molar-refractivity contribution in [2.75, 3.05) is 0 Å². The van der Waals surface area contributed by atoms with Gasteiger partial charge in [0.1, 0.15) is 4.83 Å². The molecule has 3 rings (SSSR count). The lowest BCUT2D eigenvalue weighted by molar-refractivity contribution is -0.138. The SMILES string of the molecule is CCCCCCCn1cnc2sc3c(c2c1=O)C(C(=O)O)CC3. The summed E-state index contributed by atoms with van der Waals surface area (Å²) in [6.07, 6.45) is 8.64. The average molecular weight is 334 g/mol. The van der Waals surface area contributed by atoms with E-state index in [0.717, 1.165) is 29.7 Å². The van der Waals surface area contributed by atoms with E-state index in [1.807, 2.05) is 0 Å². The number of aryl methyl sites for hydroxylation is 2. The van der Waals surface area contributed by atoms with E-state index in [1.54, 1.807) is 10.9 Å². The van der Waals surface area contributed by atoms with Crippen LogP contribution in [0.25, 0.3) is 10.2 Å². The minimum absolute atomic E-state index is 0.0730. The van der Waals surface area contributed by atoms with Crippen molar-refractivity contribution < 1.29 is 9.90 Å². The number of carboxylic acid groups (broad SMARTS) is 1. The summed E-state index contributed by atoms with van der Waals surface area (Å²) in [6.45, 7) is 2.84. The topological polar surface area (TPSA) is 72.2 Å². The predicted octanol–water partition coefficient (Wildman–Crippen LogP) is 3.54. The number of aromatic nitrogens is 2. The van der Waals surface area contributed by atoms with E-state index >= 15 is 0 Å². The van der Waals surface area contributed by atoms with Crippen molar-refractivity contribution in [3.63, 3.8) is 0 Å². The van der Waals surface area contributed by atoms with Crippen LogP contribution >= 0.6 is 11.3 Å². The quantitative estimate of drug-likeness (QED) is 0.786. The van der Waals surface area contributed by atoms with Gasteiger partial charge in [0.2, 0.25) is 0 Å². The van der Waals surface area contributed by atoms with Gasteiger partial charge in [-0.15, -0.1) is 11.3 Å². The highest BCUT2D eigenvalue weighted by atomic mass is 32.1. The summed E-state index contributed by atoms with van der Waals surface area (Å²) in [5, 5.41) is 9.94. The zero-order valence-electron chi connectivity index (χ0n) is 13.4. The molecule has 5 nitrogen and oxygen atoms in total. The smallest absolute Gasteiger partial charge is 0.311 e. The van der Waals surface area contributed by atoms with Gasteiger partial charge >= 0.3 is 5.97 Å². The van der Waals surface area contributed by atoms with E-state index < -0.39 is 11.9 Å². The first-order valence-electron chi connectivity index (χ1n) is 8.37. The first kappa shape index (κ1) is 16.2. The molecular weight excluding hydrogens is 312 g/mol. The van der Waals surface area contributed by atoms with Gasteiger partial charge in [0.15, 0.2) is 0 Å². The second-order valence-corrected chi connectivity index (χ2v) is 7.29. The number of unbranched alkanes of at least 4 members (excludes halogenated alkanes) is 4. The molecule has 1 N–H and O–H groups in total. The lowest BCUT2D eigenvalue weighted by Gasteiger charge is -2.07. The molecule has 2 aromatic rings. The van der Waals surface area contributed by atoms with Gasteiger partial charge in [0.05, 0.1) is 17.6 Å². The average Bonchev–Trinajstić information content (AvgIpc) is 3.07. The molecule has 0 amide bonds. The number of nitrogens with zero attached hydrogens (tertiary/aromatic N) is 2. The second-order valence-electron chi connectivity index (χ2n) is 6.21. The molecule has 2 heterocycles. The number of carboxylic acids is 1. The molecular formula is C17H22N2O3S. The zero-order valence-corrected chi connectivity index (χ0v) is 14.2. The number of hydrogen-bond acceptors (Lipinski definition) is 4. The number of thiophene rings is 1. The van der Waals surface area contributed by atoms with Crippen molar-refractivity contribution in [2.45, 2.75) is 64.3 Å². The Balaban J connectivity index is 1.88. The highest BCUT2D eigenvalue weighted by Gasteiger charge is 2.34. The molecule has 0 spiro atoms. The Morgan fingerprint density at radius 3 is 2.91 bits per heavy atom. The number of rotatable bonds is 7. The lowest BCUT2D eigenvalue weighted by atomic mass is 10.0. The van der Waals surface area contributed by atoms with Gasteiger partial charge in [-0.1, -0.05) is 32.6 Å². The fraction of sp³-hybridized carbons (Fsp3) is 0.588. The Bertz CT molecular complexity index is 778. The van der Waals surface area contributed by atoms with Crippen LogP contribution in [0.5, 0.6) is 0 Å². The largest absolute Gasteiger partial charge is 0.481 e. The highest BCUT2D eigenvalue weighted by molar-refractivity contribution is 7.18. The maximum atomic E-state index is 12.8. The number of fused-ring (bicyclic) bond motifs is 3. The van der Waals surface area contributed by atoms with Crippen LogP contribution in [0.1, 0.15) is 61.8 Å². The molecule has 1 unspecified atom stereocenters. The molecule has 23 heavy (non-hydrogen) atoms. The first-order valence-corrected chi connectivity index (χ1v) is 9.18. The van der Waals surface area contributed by atoms with Crippen molar-refractivity contribution in [3.05, 3.63) is 27.1 Å². The van der Waals surface area contributed by atoms with Gasteiger partial charge in [-0.2, -0.15) is 0 Å². The molecule has 0 aliphatic heterocycles. The van der Waals surface area contributed by atoms with Gasteiger partial charge < -0.3 is 5.11 Å². The van der Waals surface area contributed by atoms with Crippen LogP contribution in [0.4, 0.5) is 0 Å². The minimum Gasteiger partial charge on any atom is -0.481 e. The summed E-state index contributed by atoms with van der Waals surface area (Å²) in [4.78, 5) is 30.3. The van der Waals surface area contributed by atoms with Crippen molar-refractivity contribution in [1.82, 2.24) is 9.55 Å². The van der Waals surface area contributed by atoms with Crippen LogP contribution in [0.3, 0.4) is 0 Å². The maximum Gasteiger partial charge on any atom is 0.311 e. The molecule has 0 bridgehead atoms. The lowest BCUT2D eigenvalue weighted by Crippen LogP contribution is -2.22. The Morgan fingerprint density at radius 1 is 1.39 bits per heavy atom. The van der Waals surface area contributed by atoms with Gasteiger partial charge in [-0.25, -0.2) is 4.98 Å². The number of hydrogen-bond donors (Lipinski definition) is 1. The molecule has 6 heteroatoms. The van der Waals surface area contributed by atoms with Crippen LogP contribution in [0, 0.1) is 0 Å². The summed E-state index contributed by atoms with van der Waals surface area (Å²) in [7, 11) is 0. The standard InChI is InChI=1S/C17H22N2O3S/c1-2-3-4-5-6-9-19-10-18-15-14(16(19)20)13-11(17(21)22)7-8-12(13)23-15/h10-11H,2-9H2,1H3,(H,21,22). The molecule has 0 saturated heterocycles. The van der Waals surface area contributed by atoms with E-state index in [0.29, 0.717) is 23.2 Å². The summed E-state index contributed by atoms with van der Waals surface area (Å²) in [6, 6.07) is 0. The van der Waals surface area contributed by atoms with Crippen LogP contribution in [0.15, 0.2) is 11.1 Å². The molecule has 0 radical (unpaired) electrons. The normalized spacial score (nSPS) is 16.8. The van der Waals surface area contributed by atoms with E-state index in [-0.39, 0.29) is 5.56 Å². The van der Waals surface area contributed by atoms with Crippen LogP contribution in [-0.2, 0) is 17.8 Å². The van der Waals surface area contributed by atoms with E-state index in [1.165, 1.54) is 30.6 Å². The van der Waals surface area contributed by atoms with Crippen molar-refractivity contribution in [1.29, 1.82) is 0 Å². The molecule has 1 atom stereocenters. The van der Waals surface area contributed by atoms with Crippen molar-refractivity contribution in [3.8, 4) is 0 Å². The fourth-order valence-electron chi connectivity index (χ4n) is 3.36. The molecule has 124 valence electrons. The Hall–Kier alpha value is -1.69. The summed E-state index contributed by atoms with van der Waals surface area (Å²) >= 11 is 1.48. The van der Waals surface area contributed by atoms with E-state index in [9.17, 15) is 14.7 Å². The van der Waals surface area contributed by atoms with Gasteiger partial charge in [-0.3, -0.25) is 14.2 Å². The van der Waals surface area contributed by atoms with Crippen molar-refractivity contribution >= 4 is 27.5 Å². The van der Waals surface area contributed by atoms with Crippen LogP contribution in [0.2, 0.25) is 0 Å². The van der Waals surface area contributed by atoms with Crippen molar-refractivity contribution in [2.24, 2.45) is 0 Å². The van der Waals surface area contributed by atoms with Crippen LogP contribution in [-0.4, -0.2) is 20.6 Å². The van der Waals surface area contributed by atoms with Crippen LogP contribution < -0.4 is 5.56 Å². The molecule has 1 aliphatic rings. The third kappa shape index (κ3) is 3.04. The Morgan fingerprint density at radius 2 is 2.17 bits per heavy atom. The van der Waals surface area contributed by atoms with Gasteiger partial charge in [0.25, 0.3) is 5.56 Å². The molecule has 1 aliphatic carbocycles. The highest BCUT2D eigenvalue weighted by Crippen LogP contribution is 2.41.